The highest BCUT2D eigenvalue weighted by Gasteiger charge is 2.22. The van der Waals surface area contributed by atoms with Gasteiger partial charge in [0.2, 0.25) is 0 Å². The number of nitrogens with one attached hydrogen (secondary N) is 1. The number of benzene rings is 1. The summed E-state index contributed by atoms with van der Waals surface area (Å²) in [7, 11) is 1.98. The van der Waals surface area contributed by atoms with Gasteiger partial charge >= 0.3 is 0 Å². The molecule has 0 aromatic heterocycles. The molecule has 0 spiro atoms. The molecule has 0 aliphatic carbocycles. The summed E-state index contributed by atoms with van der Waals surface area (Å²) in [5, 5.41) is 22.4. The third-order valence-corrected chi connectivity index (χ3v) is 3.63. The Morgan fingerprint density at radius 3 is 2.89 bits per heavy atom. The van der Waals surface area contributed by atoms with Crippen LogP contribution in [-0.2, 0) is 6.54 Å². The Balaban J connectivity index is 2.06. The second kappa shape index (κ2) is 6.07. The summed E-state index contributed by atoms with van der Waals surface area (Å²) in [4.78, 5) is 2.41. The molecule has 1 atom stereocenters. The molecule has 1 saturated heterocycles. The normalized spacial score (nSPS) is 21.1. The summed E-state index contributed by atoms with van der Waals surface area (Å²) in [6, 6.07) is 5.38. The first kappa shape index (κ1) is 13.2. The summed E-state index contributed by atoms with van der Waals surface area (Å²) in [6.07, 6.45) is 3.71. The Hall–Kier alpha value is -1.26. The fourth-order valence-electron chi connectivity index (χ4n) is 2.64. The molecule has 18 heavy (non-hydrogen) atoms. The van der Waals surface area contributed by atoms with Crippen LogP contribution in [0.25, 0.3) is 0 Å². The zero-order valence-electron chi connectivity index (χ0n) is 10.9. The van der Waals surface area contributed by atoms with Gasteiger partial charge < -0.3 is 15.5 Å². The van der Waals surface area contributed by atoms with Crippen molar-refractivity contribution >= 4 is 0 Å². The SMILES string of the molecule is CNCC1CCCCN1Cc1ccc(O)cc1O. The molecule has 0 amide bonds. The van der Waals surface area contributed by atoms with E-state index in [1.807, 2.05) is 7.05 Å². The predicted octanol–water partition coefficient (Wildman–Crippen LogP) is 1.67. The van der Waals surface area contributed by atoms with E-state index in [9.17, 15) is 10.2 Å². The highest BCUT2D eigenvalue weighted by Crippen LogP contribution is 2.26. The third kappa shape index (κ3) is 3.15. The van der Waals surface area contributed by atoms with Crippen molar-refractivity contribution in [1.29, 1.82) is 0 Å². The second-order valence-corrected chi connectivity index (χ2v) is 4.99. The minimum atomic E-state index is 0.113. The van der Waals surface area contributed by atoms with Gasteiger partial charge in [-0.15, -0.1) is 0 Å². The highest BCUT2D eigenvalue weighted by molar-refractivity contribution is 5.38. The van der Waals surface area contributed by atoms with Crippen molar-refractivity contribution in [2.45, 2.75) is 31.8 Å². The van der Waals surface area contributed by atoms with Gasteiger partial charge in [-0.2, -0.15) is 0 Å². The van der Waals surface area contributed by atoms with Crippen molar-refractivity contribution < 1.29 is 10.2 Å². The van der Waals surface area contributed by atoms with E-state index in [-0.39, 0.29) is 11.5 Å². The van der Waals surface area contributed by atoms with Crippen molar-refractivity contribution in [2.75, 3.05) is 20.1 Å². The summed E-state index contributed by atoms with van der Waals surface area (Å²) < 4.78 is 0. The van der Waals surface area contributed by atoms with Gasteiger partial charge in [-0.1, -0.05) is 12.5 Å². The fourth-order valence-corrected chi connectivity index (χ4v) is 2.64. The molecule has 4 heteroatoms. The van der Waals surface area contributed by atoms with Gasteiger partial charge in [0.25, 0.3) is 0 Å². The minimum absolute atomic E-state index is 0.113. The van der Waals surface area contributed by atoms with Gasteiger partial charge in [-0.05, 0) is 32.5 Å². The van der Waals surface area contributed by atoms with E-state index >= 15 is 0 Å². The van der Waals surface area contributed by atoms with E-state index in [4.69, 9.17) is 0 Å². The van der Waals surface area contributed by atoms with Crippen molar-refractivity contribution in [2.24, 2.45) is 0 Å². The van der Waals surface area contributed by atoms with Crippen molar-refractivity contribution in [1.82, 2.24) is 10.2 Å². The number of nitrogens with zero attached hydrogens (tertiary/aromatic N) is 1. The van der Waals surface area contributed by atoms with Crippen LogP contribution in [0, 0.1) is 0 Å². The van der Waals surface area contributed by atoms with Crippen LogP contribution in [0.1, 0.15) is 24.8 Å². The molecule has 0 radical (unpaired) electrons. The average molecular weight is 250 g/mol. The number of phenols is 2. The van der Waals surface area contributed by atoms with Crippen molar-refractivity contribution in [3.05, 3.63) is 23.8 Å². The van der Waals surface area contributed by atoms with E-state index < -0.39 is 0 Å². The van der Waals surface area contributed by atoms with Crippen LogP contribution in [0.5, 0.6) is 11.5 Å². The number of piperidine rings is 1. The summed E-state index contributed by atoms with van der Waals surface area (Å²) in [5.74, 6) is 0.297. The summed E-state index contributed by atoms with van der Waals surface area (Å²) >= 11 is 0. The molecule has 1 fully saturated rings. The Bertz CT molecular complexity index is 393. The molecular formula is C14H22N2O2. The summed E-state index contributed by atoms with van der Waals surface area (Å²) in [6.45, 7) is 2.81. The zero-order valence-corrected chi connectivity index (χ0v) is 10.9. The van der Waals surface area contributed by atoms with Gasteiger partial charge in [-0.25, -0.2) is 0 Å². The topological polar surface area (TPSA) is 55.7 Å². The second-order valence-electron chi connectivity index (χ2n) is 4.99. The molecule has 1 aliphatic heterocycles. The van der Waals surface area contributed by atoms with Crippen LogP contribution in [0.2, 0.25) is 0 Å². The number of likely N-dealkylation sites (tertiary alicyclic amines) is 1. The predicted molar refractivity (Wildman–Crippen MR) is 71.7 cm³/mol. The molecule has 0 saturated carbocycles. The summed E-state index contributed by atoms with van der Waals surface area (Å²) in [5.41, 5.74) is 0.885. The third-order valence-electron chi connectivity index (χ3n) is 3.63. The first-order valence-electron chi connectivity index (χ1n) is 6.60. The molecule has 1 heterocycles. The smallest absolute Gasteiger partial charge is 0.123 e. The lowest BCUT2D eigenvalue weighted by Gasteiger charge is -2.35. The number of hydrogen-bond acceptors (Lipinski definition) is 4. The number of aromatic hydroxyl groups is 2. The lowest BCUT2D eigenvalue weighted by molar-refractivity contribution is 0.138. The van der Waals surface area contributed by atoms with Crippen LogP contribution in [-0.4, -0.2) is 41.3 Å². The van der Waals surface area contributed by atoms with E-state index in [2.05, 4.69) is 10.2 Å². The Morgan fingerprint density at radius 2 is 2.17 bits per heavy atom. The number of rotatable bonds is 4. The van der Waals surface area contributed by atoms with Gasteiger partial charge in [-0.3, -0.25) is 4.90 Å². The average Bonchev–Trinajstić information content (AvgIpc) is 2.35. The minimum Gasteiger partial charge on any atom is -0.508 e. The van der Waals surface area contributed by atoms with E-state index in [0.717, 1.165) is 25.2 Å². The maximum Gasteiger partial charge on any atom is 0.123 e. The lowest BCUT2D eigenvalue weighted by atomic mass is 10.0. The van der Waals surface area contributed by atoms with Crippen LogP contribution >= 0.6 is 0 Å². The molecule has 4 nitrogen and oxygen atoms in total. The zero-order chi connectivity index (χ0) is 13.0. The highest BCUT2D eigenvalue weighted by atomic mass is 16.3. The van der Waals surface area contributed by atoms with E-state index in [1.54, 1.807) is 12.1 Å². The van der Waals surface area contributed by atoms with Crippen LogP contribution in [0.15, 0.2) is 18.2 Å². The molecule has 1 aliphatic rings. The number of likely N-dealkylation sites (N-methyl/N-ethyl adjacent to an activating group) is 1. The molecule has 1 aromatic carbocycles. The van der Waals surface area contributed by atoms with Crippen molar-refractivity contribution in [3.8, 4) is 11.5 Å². The molecule has 100 valence electrons. The molecule has 0 bridgehead atoms. The Labute approximate surface area is 108 Å². The first-order chi connectivity index (χ1) is 8.70. The molecule has 2 rings (SSSR count). The van der Waals surface area contributed by atoms with Crippen LogP contribution in [0.3, 0.4) is 0 Å². The quantitative estimate of drug-likeness (QED) is 0.761. The fraction of sp³-hybridized carbons (Fsp3) is 0.571. The maximum absolute atomic E-state index is 9.84. The van der Waals surface area contributed by atoms with Gasteiger partial charge in [0.1, 0.15) is 11.5 Å². The van der Waals surface area contributed by atoms with Crippen LogP contribution in [0.4, 0.5) is 0 Å². The first-order valence-corrected chi connectivity index (χ1v) is 6.60. The van der Waals surface area contributed by atoms with Gasteiger partial charge in [0.15, 0.2) is 0 Å². The van der Waals surface area contributed by atoms with E-state index in [1.165, 1.54) is 25.3 Å². The lowest BCUT2D eigenvalue weighted by Crippen LogP contribution is -2.44. The van der Waals surface area contributed by atoms with Crippen LogP contribution < -0.4 is 5.32 Å². The van der Waals surface area contributed by atoms with E-state index in [0.29, 0.717) is 6.04 Å². The monoisotopic (exact) mass is 250 g/mol. The molecule has 1 aromatic rings. The number of phenolic OH excluding ortho intramolecular Hbond substituents is 2. The number of hydrogen-bond donors (Lipinski definition) is 3. The largest absolute Gasteiger partial charge is 0.508 e. The Morgan fingerprint density at radius 1 is 1.33 bits per heavy atom. The van der Waals surface area contributed by atoms with Gasteiger partial charge in [0.05, 0.1) is 0 Å². The standard InChI is InChI=1S/C14H22N2O2/c1-15-9-12-4-2-3-7-16(12)10-11-5-6-13(17)8-14(11)18/h5-6,8,12,15,17-18H,2-4,7,9-10H2,1H3. The molecular weight excluding hydrogens is 228 g/mol. The maximum atomic E-state index is 9.84. The molecule has 3 N–H and O–H groups in total. The molecule has 1 unspecified atom stereocenters. The van der Waals surface area contributed by atoms with Gasteiger partial charge in [0, 0.05) is 30.8 Å². The van der Waals surface area contributed by atoms with Crippen molar-refractivity contribution in [3.63, 3.8) is 0 Å². The Kier molecular flexibility index (Phi) is 4.44.